The van der Waals surface area contributed by atoms with Gasteiger partial charge in [-0.15, -0.1) is 0 Å². The van der Waals surface area contributed by atoms with Crippen molar-refractivity contribution >= 4 is 29.1 Å². The lowest BCUT2D eigenvalue weighted by Gasteiger charge is -2.37. The number of ether oxygens (including phenoxy) is 3. The largest absolute Gasteiger partial charge is 0.464 e. The summed E-state index contributed by atoms with van der Waals surface area (Å²) < 4.78 is 17.6. The second kappa shape index (κ2) is 18.2. The minimum absolute atomic E-state index is 0.00417. The number of carbonyl (C=O) groups is 3. The van der Waals surface area contributed by atoms with Crippen molar-refractivity contribution in [3.05, 3.63) is 180 Å². The normalized spacial score (nSPS) is 12.0. The highest BCUT2D eigenvalue weighted by atomic mass is 16.6. The summed E-state index contributed by atoms with van der Waals surface area (Å²) in [6, 6.07) is 44.4. The lowest BCUT2D eigenvalue weighted by molar-refractivity contribution is -0.150. The Morgan fingerprint density at radius 3 is 1.64 bits per heavy atom. The van der Waals surface area contributed by atoms with E-state index in [2.05, 4.69) is 4.98 Å². The molecule has 1 aromatic heterocycles. The van der Waals surface area contributed by atoms with Gasteiger partial charge in [-0.25, -0.2) is 14.4 Å². The van der Waals surface area contributed by atoms with Crippen molar-refractivity contribution in [2.45, 2.75) is 45.2 Å². The predicted molar refractivity (Wildman–Crippen MR) is 204 cm³/mol. The van der Waals surface area contributed by atoms with Gasteiger partial charge in [0.1, 0.15) is 19.3 Å². The average molecular weight is 710 g/mol. The molecule has 0 bridgehead atoms. The summed E-state index contributed by atoms with van der Waals surface area (Å²) in [7, 11) is 0. The second-order valence-corrected chi connectivity index (χ2v) is 12.7. The van der Waals surface area contributed by atoms with E-state index in [-0.39, 0.29) is 39.5 Å². The minimum Gasteiger partial charge on any atom is -0.464 e. The Labute approximate surface area is 309 Å². The quantitative estimate of drug-likeness (QED) is 0.0845. The van der Waals surface area contributed by atoms with E-state index in [1.165, 1.54) is 4.90 Å². The van der Waals surface area contributed by atoms with E-state index in [1.54, 1.807) is 11.8 Å². The predicted octanol–water partition coefficient (Wildman–Crippen LogP) is 8.86. The average Bonchev–Trinajstić information content (AvgIpc) is 3.64. The maximum atomic E-state index is 14.4. The number of benzene rings is 5. The van der Waals surface area contributed by atoms with E-state index >= 15 is 0 Å². The van der Waals surface area contributed by atoms with Crippen LogP contribution in [0.4, 0.5) is 9.59 Å². The van der Waals surface area contributed by atoms with Gasteiger partial charge in [0.25, 0.3) is 0 Å². The lowest BCUT2D eigenvalue weighted by atomic mass is 9.88. The van der Waals surface area contributed by atoms with Crippen LogP contribution in [-0.2, 0) is 45.3 Å². The molecule has 0 saturated carbocycles. The molecule has 2 unspecified atom stereocenters. The highest BCUT2D eigenvalue weighted by Gasteiger charge is 2.42. The summed E-state index contributed by atoms with van der Waals surface area (Å²) in [5, 5.41) is 0.849. The first-order valence-electron chi connectivity index (χ1n) is 17.7. The monoisotopic (exact) mass is 709 g/mol. The van der Waals surface area contributed by atoms with Crippen LogP contribution < -0.4 is 0 Å². The third-order valence-corrected chi connectivity index (χ3v) is 9.00. The van der Waals surface area contributed by atoms with E-state index in [9.17, 15) is 14.4 Å². The van der Waals surface area contributed by atoms with Gasteiger partial charge in [0, 0.05) is 42.7 Å². The van der Waals surface area contributed by atoms with E-state index in [0.717, 1.165) is 38.7 Å². The number of esters is 1. The Bertz CT molecular complexity index is 2050. The molecule has 0 spiro atoms. The van der Waals surface area contributed by atoms with Crippen LogP contribution in [0.1, 0.15) is 40.7 Å². The van der Waals surface area contributed by atoms with Crippen molar-refractivity contribution in [2.75, 3.05) is 13.2 Å². The molecule has 2 amide bonds. The van der Waals surface area contributed by atoms with Gasteiger partial charge < -0.3 is 24.1 Å². The van der Waals surface area contributed by atoms with Gasteiger partial charge in [0.05, 0.1) is 6.61 Å². The Morgan fingerprint density at radius 2 is 1.08 bits per heavy atom. The summed E-state index contributed by atoms with van der Waals surface area (Å²) in [6.45, 7) is 2.13. The first kappa shape index (κ1) is 36.4. The molecule has 2 atom stereocenters. The van der Waals surface area contributed by atoms with Crippen LogP contribution in [0, 0.1) is 0 Å². The minimum atomic E-state index is -1.21. The van der Waals surface area contributed by atoms with Gasteiger partial charge in [-0.05, 0) is 40.8 Å². The van der Waals surface area contributed by atoms with Crippen molar-refractivity contribution in [1.29, 1.82) is 0 Å². The Morgan fingerprint density at radius 1 is 0.585 bits per heavy atom. The number of H-pyrrole nitrogens is 1. The molecule has 5 aromatic carbocycles. The third kappa shape index (κ3) is 9.71. The summed E-state index contributed by atoms with van der Waals surface area (Å²) in [4.78, 5) is 49.3. The number of carbonyl (C=O) groups excluding carboxylic acids is 3. The number of fused-ring (bicyclic) bond motifs is 1. The Hall–Kier alpha value is -6.35. The van der Waals surface area contributed by atoms with Gasteiger partial charge in [0.2, 0.25) is 0 Å². The fourth-order valence-electron chi connectivity index (χ4n) is 6.42. The van der Waals surface area contributed by atoms with Crippen LogP contribution in [0.15, 0.2) is 152 Å². The number of aromatic nitrogens is 1. The molecule has 6 aromatic rings. The van der Waals surface area contributed by atoms with E-state index in [1.807, 2.05) is 152 Å². The van der Waals surface area contributed by atoms with Crippen LogP contribution in [0.3, 0.4) is 0 Å². The third-order valence-electron chi connectivity index (χ3n) is 9.00. The van der Waals surface area contributed by atoms with Gasteiger partial charge in [0.15, 0.2) is 0 Å². The maximum Gasteiger partial charge on any atom is 0.411 e. The number of amides is 2. The molecule has 0 saturated heterocycles. The summed E-state index contributed by atoms with van der Waals surface area (Å²) in [5.74, 6) is -1.40. The van der Waals surface area contributed by atoms with Crippen LogP contribution >= 0.6 is 0 Å². The highest BCUT2D eigenvalue weighted by Crippen LogP contribution is 2.34. The Balaban J connectivity index is 1.44. The molecule has 0 aliphatic heterocycles. The van der Waals surface area contributed by atoms with E-state index in [4.69, 9.17) is 14.2 Å². The number of hydrogen-bond acceptors (Lipinski definition) is 6. The van der Waals surface area contributed by atoms with Gasteiger partial charge in [-0.2, -0.15) is 0 Å². The summed E-state index contributed by atoms with van der Waals surface area (Å²) in [5.41, 5.74) is 4.89. The van der Waals surface area contributed by atoms with Gasteiger partial charge >= 0.3 is 18.2 Å². The van der Waals surface area contributed by atoms with Crippen molar-refractivity contribution < 1.29 is 28.6 Å². The maximum absolute atomic E-state index is 14.4. The molecule has 270 valence electrons. The van der Waals surface area contributed by atoms with Crippen molar-refractivity contribution in [3.63, 3.8) is 0 Å². The van der Waals surface area contributed by atoms with E-state index < -0.39 is 30.1 Å². The molecule has 6 rings (SSSR count). The number of nitrogens with one attached hydrogen (secondary N) is 1. The van der Waals surface area contributed by atoms with Gasteiger partial charge in [-0.1, -0.05) is 140 Å². The number of hydrogen-bond donors (Lipinski definition) is 1. The summed E-state index contributed by atoms with van der Waals surface area (Å²) in [6.07, 6.45) is 0.585. The lowest BCUT2D eigenvalue weighted by Crippen LogP contribution is -2.52. The fourth-order valence-corrected chi connectivity index (χ4v) is 6.42. The zero-order valence-corrected chi connectivity index (χ0v) is 29.7. The second-order valence-electron chi connectivity index (χ2n) is 12.7. The highest BCUT2D eigenvalue weighted by molar-refractivity contribution is 5.87. The zero-order valence-electron chi connectivity index (χ0n) is 29.7. The molecule has 1 heterocycles. The molecule has 1 N–H and O–H groups in total. The number of para-hydroxylation sites is 1. The molecule has 0 aliphatic carbocycles. The van der Waals surface area contributed by atoms with Gasteiger partial charge in [-0.3, -0.25) is 4.90 Å². The van der Waals surface area contributed by atoms with Crippen LogP contribution in [0.25, 0.3) is 10.9 Å². The van der Waals surface area contributed by atoms with Crippen LogP contribution in [-0.4, -0.2) is 52.1 Å². The molecule has 53 heavy (non-hydrogen) atoms. The van der Waals surface area contributed by atoms with Crippen LogP contribution in [0.2, 0.25) is 0 Å². The first-order chi connectivity index (χ1) is 26.0. The van der Waals surface area contributed by atoms with Crippen molar-refractivity contribution in [1.82, 2.24) is 14.8 Å². The van der Waals surface area contributed by atoms with Crippen molar-refractivity contribution in [3.8, 4) is 0 Å². The molecular weight excluding hydrogens is 666 g/mol. The number of nitrogens with zero attached hydrogens (tertiary/aromatic N) is 2. The molecule has 0 aliphatic rings. The molecule has 9 nitrogen and oxygen atoms in total. The molecule has 0 fully saturated rings. The standard InChI is InChI=1S/C44H43N3O6/c1-2-51-42(48)41(47(29-34-19-9-4-10-20-34)44(50)53-32-36-23-13-6-14-24-36)39(38-27-45-40-26-16-15-25-37(38)40)30-46(28-33-17-7-3-8-18-33)43(49)52-31-35-21-11-5-12-22-35/h3-27,39,41,45H,2,28-32H2,1H3. The SMILES string of the molecule is CCOC(=O)C(C(CN(Cc1ccccc1)C(=O)OCc1ccccc1)c1c[nH]c2ccccc12)N(Cc1ccccc1)C(=O)OCc1ccccc1. The topological polar surface area (TPSA) is 101 Å². The molecule has 9 heteroatoms. The molecular formula is C44H43N3O6. The number of aromatic amines is 1. The number of rotatable bonds is 15. The van der Waals surface area contributed by atoms with Crippen molar-refractivity contribution in [2.24, 2.45) is 0 Å². The smallest absolute Gasteiger partial charge is 0.411 e. The van der Waals surface area contributed by atoms with Crippen LogP contribution in [0.5, 0.6) is 0 Å². The first-order valence-corrected chi connectivity index (χ1v) is 17.7. The van der Waals surface area contributed by atoms with E-state index in [0.29, 0.717) is 0 Å². The fraction of sp³-hybridized carbons (Fsp3) is 0.205. The Kier molecular flexibility index (Phi) is 12.5. The summed E-state index contributed by atoms with van der Waals surface area (Å²) >= 11 is 0. The zero-order chi connectivity index (χ0) is 36.8. The molecule has 0 radical (unpaired) electrons.